The van der Waals surface area contributed by atoms with Crippen molar-refractivity contribution < 1.29 is 14.3 Å². The van der Waals surface area contributed by atoms with Crippen molar-refractivity contribution in [2.75, 3.05) is 44.5 Å². The Morgan fingerprint density at radius 2 is 1.97 bits per heavy atom. The van der Waals surface area contributed by atoms with Crippen molar-refractivity contribution in [3.8, 4) is 0 Å². The summed E-state index contributed by atoms with van der Waals surface area (Å²) in [5.74, 6) is 1.19. The van der Waals surface area contributed by atoms with Crippen LogP contribution in [-0.2, 0) is 20.9 Å². The first-order valence-electron chi connectivity index (χ1n) is 11.6. The number of carbonyl (C=O) groups is 2. The number of hydrogen-bond donors (Lipinski definition) is 4. The van der Waals surface area contributed by atoms with Crippen molar-refractivity contribution >= 4 is 36.3 Å². The molecule has 188 valence electrons. The van der Waals surface area contributed by atoms with Gasteiger partial charge >= 0.3 is 5.97 Å². The summed E-state index contributed by atoms with van der Waals surface area (Å²) in [4.78, 5) is 27.2. The lowest BCUT2D eigenvalue weighted by atomic mass is 9.98. The van der Waals surface area contributed by atoms with Gasteiger partial charge in [-0.2, -0.15) is 24.4 Å². The number of esters is 1. The number of carbonyl (C=O) groups excluding carboxylic acids is 2. The molecule has 0 radical (unpaired) electrons. The number of nitrogens with one attached hydrogen (secondary N) is 2. The topological polar surface area (TPSA) is 96.7 Å². The van der Waals surface area contributed by atoms with E-state index in [2.05, 4.69) is 54.1 Å². The number of methoxy groups -OCH3 is 1. The Hall–Kier alpha value is -1.26. The van der Waals surface area contributed by atoms with Crippen LogP contribution in [0.2, 0.25) is 0 Å². The number of nitrogens with zero attached hydrogens (tertiary/aromatic N) is 1. The lowest BCUT2D eigenvalue weighted by Crippen LogP contribution is -2.51. The summed E-state index contributed by atoms with van der Waals surface area (Å²) in [5, 5.41) is 6.46. The number of rotatable bonds is 17. The normalized spacial score (nSPS) is 15.0. The zero-order valence-corrected chi connectivity index (χ0v) is 22.2. The molecule has 3 unspecified atom stereocenters. The number of nitrogens with two attached hydrogens (primary N) is 1. The number of thioether (sulfide) groups is 1. The van der Waals surface area contributed by atoms with Crippen LogP contribution in [0.5, 0.6) is 0 Å². The monoisotopic (exact) mass is 498 g/mol. The summed E-state index contributed by atoms with van der Waals surface area (Å²) in [6.45, 7) is 6.55. The van der Waals surface area contributed by atoms with E-state index >= 15 is 0 Å². The third-order valence-electron chi connectivity index (χ3n) is 5.71. The Morgan fingerprint density at radius 1 is 1.27 bits per heavy atom. The summed E-state index contributed by atoms with van der Waals surface area (Å²) < 4.78 is 4.88. The minimum atomic E-state index is -0.634. The van der Waals surface area contributed by atoms with Crippen LogP contribution in [0.3, 0.4) is 0 Å². The third-order valence-corrected chi connectivity index (χ3v) is 6.82. The highest BCUT2D eigenvalue weighted by Crippen LogP contribution is 2.13. The molecular formula is C24H42N4O3S2. The van der Waals surface area contributed by atoms with Crippen LogP contribution >= 0.6 is 24.4 Å². The van der Waals surface area contributed by atoms with Crippen molar-refractivity contribution in [2.45, 2.75) is 51.4 Å². The average molecular weight is 499 g/mol. The highest BCUT2D eigenvalue weighted by molar-refractivity contribution is 7.98. The average Bonchev–Trinajstić information content (AvgIpc) is 2.83. The molecule has 33 heavy (non-hydrogen) atoms. The van der Waals surface area contributed by atoms with Gasteiger partial charge in [-0.15, -0.1) is 0 Å². The van der Waals surface area contributed by atoms with E-state index in [0.717, 1.165) is 17.7 Å². The standard InChI is InChI=1S/C24H42N4O3S2/c1-5-18(2)22(26-13-20(25)17-32)15-28(14-19-9-7-6-8-10-19)16-23(29)27-21(11-12-33-4)24(30)31-3/h6-10,18,20-22,26,32H,5,11-17,25H2,1-4H3,(H,27,29)/t18?,20-,21?,22?/m0/s1. The Bertz CT molecular complexity index is 681. The third kappa shape index (κ3) is 12.1. The van der Waals surface area contributed by atoms with Crippen molar-refractivity contribution in [1.82, 2.24) is 15.5 Å². The predicted molar refractivity (Wildman–Crippen MR) is 142 cm³/mol. The summed E-state index contributed by atoms with van der Waals surface area (Å²) in [6, 6.07) is 9.61. The fraction of sp³-hybridized carbons (Fsp3) is 0.667. The second-order valence-electron chi connectivity index (χ2n) is 8.42. The number of ether oxygens (including phenoxy) is 1. The van der Waals surface area contributed by atoms with E-state index in [9.17, 15) is 9.59 Å². The molecule has 0 bridgehead atoms. The van der Waals surface area contributed by atoms with Gasteiger partial charge in [0.05, 0.1) is 13.7 Å². The summed E-state index contributed by atoms with van der Waals surface area (Å²) in [7, 11) is 1.35. The molecule has 0 aromatic heterocycles. The predicted octanol–water partition coefficient (Wildman–Crippen LogP) is 2.16. The molecule has 9 heteroatoms. The minimum absolute atomic E-state index is 0.0250. The van der Waals surface area contributed by atoms with Gasteiger partial charge in [-0.3, -0.25) is 9.69 Å². The fourth-order valence-corrected chi connectivity index (χ4v) is 4.07. The van der Waals surface area contributed by atoms with Crippen molar-refractivity contribution in [2.24, 2.45) is 11.7 Å². The first-order valence-corrected chi connectivity index (χ1v) is 13.6. The van der Waals surface area contributed by atoms with Gasteiger partial charge in [-0.25, -0.2) is 4.79 Å². The first kappa shape index (κ1) is 29.8. The summed E-state index contributed by atoms with van der Waals surface area (Å²) in [6.07, 6.45) is 3.52. The molecule has 1 aromatic carbocycles. The lowest BCUT2D eigenvalue weighted by Gasteiger charge is -2.32. The molecule has 0 fully saturated rings. The molecule has 0 saturated heterocycles. The van der Waals surface area contributed by atoms with Crippen LogP contribution in [0.15, 0.2) is 30.3 Å². The summed E-state index contributed by atoms with van der Waals surface area (Å²) in [5.41, 5.74) is 7.20. The number of benzene rings is 1. The van der Waals surface area contributed by atoms with Gasteiger partial charge in [-0.05, 0) is 29.9 Å². The largest absolute Gasteiger partial charge is 0.467 e. The van der Waals surface area contributed by atoms with E-state index in [-0.39, 0.29) is 24.5 Å². The van der Waals surface area contributed by atoms with Gasteiger partial charge in [0.15, 0.2) is 0 Å². The maximum Gasteiger partial charge on any atom is 0.328 e. The van der Waals surface area contributed by atoms with Crippen molar-refractivity contribution in [3.63, 3.8) is 0 Å². The van der Waals surface area contributed by atoms with E-state index < -0.39 is 12.0 Å². The van der Waals surface area contributed by atoms with Crippen molar-refractivity contribution in [1.29, 1.82) is 0 Å². The number of amides is 1. The lowest BCUT2D eigenvalue weighted by molar-refractivity contribution is -0.145. The van der Waals surface area contributed by atoms with Gasteiger partial charge < -0.3 is 21.1 Å². The number of thiol groups is 1. The Morgan fingerprint density at radius 3 is 2.55 bits per heavy atom. The number of hydrogen-bond acceptors (Lipinski definition) is 8. The van der Waals surface area contributed by atoms with Crippen molar-refractivity contribution in [3.05, 3.63) is 35.9 Å². The molecule has 1 aromatic rings. The van der Waals surface area contributed by atoms with E-state index in [1.165, 1.54) is 7.11 Å². The zero-order valence-electron chi connectivity index (χ0n) is 20.5. The molecule has 0 saturated carbocycles. The Labute approximate surface area is 209 Å². The molecule has 1 amide bonds. The van der Waals surface area contributed by atoms with E-state index in [1.54, 1.807) is 11.8 Å². The molecule has 0 aliphatic rings. The van der Waals surface area contributed by atoms with Crippen LogP contribution in [0.4, 0.5) is 0 Å². The van der Waals surface area contributed by atoms with E-state index in [4.69, 9.17) is 10.5 Å². The summed E-state index contributed by atoms with van der Waals surface area (Å²) >= 11 is 5.92. The maximum absolute atomic E-state index is 13.0. The molecule has 0 aliphatic carbocycles. The molecule has 4 N–H and O–H groups in total. The van der Waals surface area contributed by atoms with Crippen LogP contribution in [0, 0.1) is 5.92 Å². The Balaban J connectivity index is 2.94. The second-order valence-corrected chi connectivity index (χ2v) is 9.77. The van der Waals surface area contributed by atoms with Crippen LogP contribution < -0.4 is 16.4 Å². The van der Waals surface area contributed by atoms with Gasteiger partial charge in [0.1, 0.15) is 6.04 Å². The second kappa shape index (κ2) is 17.2. The maximum atomic E-state index is 13.0. The molecule has 0 heterocycles. The van der Waals surface area contributed by atoms with Crippen LogP contribution in [-0.4, -0.2) is 79.4 Å². The highest BCUT2D eigenvalue weighted by atomic mass is 32.2. The fourth-order valence-electron chi connectivity index (χ4n) is 3.47. The molecule has 0 aliphatic heterocycles. The highest BCUT2D eigenvalue weighted by Gasteiger charge is 2.25. The molecular weight excluding hydrogens is 456 g/mol. The van der Waals surface area contributed by atoms with E-state index in [0.29, 0.717) is 37.7 Å². The smallest absolute Gasteiger partial charge is 0.328 e. The van der Waals surface area contributed by atoms with Crippen LogP contribution in [0.1, 0.15) is 32.3 Å². The van der Waals surface area contributed by atoms with Gasteiger partial charge in [-0.1, -0.05) is 50.6 Å². The SMILES string of the molecule is CCC(C)C(CN(CC(=O)NC(CCSC)C(=O)OC)Cc1ccccc1)NC[C@H](N)CS. The minimum Gasteiger partial charge on any atom is -0.467 e. The molecule has 0 spiro atoms. The Kier molecular flexibility index (Phi) is 15.5. The van der Waals surface area contributed by atoms with Gasteiger partial charge in [0, 0.05) is 37.5 Å². The quantitative estimate of drug-likeness (QED) is 0.193. The molecule has 1 rings (SSSR count). The first-order chi connectivity index (χ1) is 15.8. The molecule has 7 nitrogen and oxygen atoms in total. The van der Waals surface area contributed by atoms with E-state index in [1.807, 2.05) is 24.5 Å². The zero-order chi connectivity index (χ0) is 24.6. The van der Waals surface area contributed by atoms with Gasteiger partial charge in [0.2, 0.25) is 5.91 Å². The molecule has 4 atom stereocenters. The van der Waals surface area contributed by atoms with Gasteiger partial charge in [0.25, 0.3) is 0 Å². The van der Waals surface area contributed by atoms with Crippen LogP contribution in [0.25, 0.3) is 0 Å².